The quantitative estimate of drug-likeness (QED) is 0.0630. The van der Waals surface area contributed by atoms with Gasteiger partial charge >= 0.3 is 0 Å². The molecular weight excluding hydrogens is 618 g/mol. The molecule has 8 unspecified atom stereocenters. The summed E-state index contributed by atoms with van der Waals surface area (Å²) < 4.78 is 24.8. The van der Waals surface area contributed by atoms with Crippen LogP contribution in [0.15, 0.2) is 11.6 Å². The van der Waals surface area contributed by atoms with Crippen molar-refractivity contribution < 1.29 is 18.9 Å². The summed E-state index contributed by atoms with van der Waals surface area (Å²) in [5, 5.41) is 0. The second-order valence-corrected chi connectivity index (χ2v) is 17.7. The normalized spacial score (nSPS) is 31.3. The van der Waals surface area contributed by atoms with Crippen molar-refractivity contribution in [3.8, 4) is 0 Å². The molecule has 4 aliphatic carbocycles. The first kappa shape index (κ1) is 42.3. The van der Waals surface area contributed by atoms with E-state index in [1.165, 1.54) is 116 Å². The number of likely N-dealkylation sites (N-methyl/N-ethyl adjacent to an activating group) is 1. The Morgan fingerprint density at radius 3 is 2.20 bits per heavy atom. The first-order chi connectivity index (χ1) is 24.4. The third-order valence-electron chi connectivity index (χ3n) is 14.2. The molecule has 0 heterocycles. The van der Waals surface area contributed by atoms with Crippen LogP contribution in [0.2, 0.25) is 0 Å². The molecule has 292 valence electrons. The van der Waals surface area contributed by atoms with Crippen LogP contribution < -0.4 is 0 Å². The molecule has 4 aliphatic rings. The van der Waals surface area contributed by atoms with Crippen LogP contribution in [0.5, 0.6) is 0 Å². The Morgan fingerprint density at radius 1 is 0.740 bits per heavy atom. The summed E-state index contributed by atoms with van der Waals surface area (Å²) in [4.78, 5) is 2.32. The number of ether oxygens (including phenoxy) is 4. The van der Waals surface area contributed by atoms with Crippen LogP contribution in [0.3, 0.4) is 0 Å². The molecule has 5 nitrogen and oxygen atoms in total. The Kier molecular flexibility index (Phi) is 19.2. The maximum Gasteiger partial charge on any atom is 0.0934 e. The van der Waals surface area contributed by atoms with Crippen LogP contribution in [0.4, 0.5) is 0 Å². The standard InChI is InChI=1S/C45H83NO4/c1-7-10-11-12-13-14-15-16-17-29-48-36-40(35-46(6)9-3)50-33-19-31-47-30-18-32-49-39-25-27-45(5)38(34-39)21-23-41-42-24-22-37(20-8-2)44(42,4)28-26-43(41)45/h21,37,39-43H,7-20,22-36H2,1-6H3. The molecule has 5 heteroatoms. The highest BCUT2D eigenvalue weighted by Gasteiger charge is 2.58. The highest BCUT2D eigenvalue weighted by atomic mass is 16.5. The SMILES string of the molecule is CCCCCCCCCCCOCC(CN(C)CC)OCCCOCCCOC1CCC2(C)C(=CCC3C2CCC2(C)C(CCC)CCC32)C1. The molecule has 0 spiro atoms. The summed E-state index contributed by atoms with van der Waals surface area (Å²) in [5.41, 5.74) is 2.78. The van der Waals surface area contributed by atoms with Crippen LogP contribution >= 0.6 is 0 Å². The lowest BCUT2D eigenvalue weighted by molar-refractivity contribution is -0.0601. The third kappa shape index (κ3) is 12.3. The van der Waals surface area contributed by atoms with Crippen LogP contribution in [0, 0.1) is 34.5 Å². The van der Waals surface area contributed by atoms with Gasteiger partial charge in [0, 0.05) is 39.6 Å². The van der Waals surface area contributed by atoms with Gasteiger partial charge in [-0.05, 0) is 119 Å². The van der Waals surface area contributed by atoms with E-state index in [9.17, 15) is 0 Å². The smallest absolute Gasteiger partial charge is 0.0934 e. The maximum atomic E-state index is 6.47. The van der Waals surface area contributed by atoms with Gasteiger partial charge in [0.15, 0.2) is 0 Å². The van der Waals surface area contributed by atoms with Gasteiger partial charge in [-0.25, -0.2) is 0 Å². The van der Waals surface area contributed by atoms with Gasteiger partial charge in [-0.2, -0.15) is 0 Å². The Hall–Kier alpha value is -0.460. The lowest BCUT2D eigenvalue weighted by atomic mass is 9.47. The summed E-state index contributed by atoms with van der Waals surface area (Å²) in [5.74, 6) is 3.77. The van der Waals surface area contributed by atoms with E-state index in [0.717, 1.165) is 89.1 Å². The van der Waals surface area contributed by atoms with Crippen LogP contribution in [-0.4, -0.2) is 76.9 Å². The predicted octanol–water partition coefficient (Wildman–Crippen LogP) is 11.4. The first-order valence-corrected chi connectivity index (χ1v) is 22.1. The Balaban J connectivity index is 1.03. The molecule has 0 N–H and O–H groups in total. The molecule has 3 fully saturated rings. The van der Waals surface area contributed by atoms with E-state index in [0.29, 0.717) is 23.5 Å². The topological polar surface area (TPSA) is 40.2 Å². The zero-order chi connectivity index (χ0) is 35.7. The zero-order valence-electron chi connectivity index (χ0n) is 34.1. The number of allylic oxidation sites excluding steroid dienone is 1. The number of hydrogen-bond acceptors (Lipinski definition) is 5. The molecule has 4 rings (SSSR count). The number of hydrogen-bond donors (Lipinski definition) is 0. The van der Waals surface area contributed by atoms with Gasteiger partial charge in [-0.1, -0.05) is 110 Å². The van der Waals surface area contributed by atoms with E-state index in [-0.39, 0.29) is 6.10 Å². The molecular formula is C45H83NO4. The fraction of sp³-hybridized carbons (Fsp3) is 0.956. The second kappa shape index (κ2) is 22.7. The average molecular weight is 702 g/mol. The fourth-order valence-electron chi connectivity index (χ4n) is 11.0. The van der Waals surface area contributed by atoms with Crippen molar-refractivity contribution in [2.75, 3.05) is 59.8 Å². The van der Waals surface area contributed by atoms with Gasteiger partial charge in [0.1, 0.15) is 0 Å². The zero-order valence-corrected chi connectivity index (χ0v) is 34.1. The lowest BCUT2D eigenvalue weighted by Crippen LogP contribution is -2.50. The summed E-state index contributed by atoms with van der Waals surface area (Å²) in [6.45, 7) is 18.8. The van der Waals surface area contributed by atoms with Gasteiger partial charge in [-0.3, -0.25) is 0 Å². The van der Waals surface area contributed by atoms with E-state index >= 15 is 0 Å². The van der Waals surface area contributed by atoms with Crippen LogP contribution in [0.1, 0.15) is 169 Å². The summed E-state index contributed by atoms with van der Waals surface area (Å²) in [7, 11) is 2.17. The lowest BCUT2D eigenvalue weighted by Gasteiger charge is -2.58. The monoisotopic (exact) mass is 702 g/mol. The molecule has 0 bridgehead atoms. The molecule has 8 atom stereocenters. The Morgan fingerprint density at radius 2 is 1.46 bits per heavy atom. The largest absolute Gasteiger partial charge is 0.381 e. The Bertz CT molecular complexity index is 940. The molecule has 50 heavy (non-hydrogen) atoms. The summed E-state index contributed by atoms with van der Waals surface area (Å²) >= 11 is 0. The molecule has 0 aromatic rings. The Labute approximate surface area is 310 Å². The van der Waals surface area contributed by atoms with E-state index < -0.39 is 0 Å². The second-order valence-electron chi connectivity index (χ2n) is 17.7. The van der Waals surface area contributed by atoms with Crippen molar-refractivity contribution in [1.82, 2.24) is 4.90 Å². The first-order valence-electron chi connectivity index (χ1n) is 22.1. The van der Waals surface area contributed by atoms with Gasteiger partial charge in [0.25, 0.3) is 0 Å². The highest BCUT2D eigenvalue weighted by Crippen LogP contribution is 2.66. The van der Waals surface area contributed by atoms with Crippen LogP contribution in [-0.2, 0) is 18.9 Å². The minimum atomic E-state index is 0.133. The molecule has 0 amide bonds. The van der Waals surface area contributed by atoms with E-state index in [2.05, 4.69) is 52.6 Å². The van der Waals surface area contributed by atoms with Gasteiger partial charge in [0.2, 0.25) is 0 Å². The van der Waals surface area contributed by atoms with Gasteiger partial charge < -0.3 is 23.8 Å². The van der Waals surface area contributed by atoms with Crippen molar-refractivity contribution in [2.24, 2.45) is 34.5 Å². The van der Waals surface area contributed by atoms with Gasteiger partial charge in [-0.15, -0.1) is 0 Å². The molecule has 0 aliphatic heterocycles. The maximum absolute atomic E-state index is 6.47. The number of unbranched alkanes of at least 4 members (excludes halogenated alkanes) is 8. The molecule has 3 saturated carbocycles. The van der Waals surface area contributed by atoms with Gasteiger partial charge in [0.05, 0.1) is 18.8 Å². The van der Waals surface area contributed by atoms with E-state index in [1.807, 2.05) is 0 Å². The highest BCUT2D eigenvalue weighted by molar-refractivity contribution is 5.25. The molecule has 0 aromatic carbocycles. The minimum absolute atomic E-state index is 0.133. The molecule has 0 radical (unpaired) electrons. The minimum Gasteiger partial charge on any atom is -0.381 e. The number of nitrogens with zero attached hydrogens (tertiary/aromatic N) is 1. The van der Waals surface area contributed by atoms with Crippen molar-refractivity contribution >= 4 is 0 Å². The van der Waals surface area contributed by atoms with Crippen molar-refractivity contribution in [1.29, 1.82) is 0 Å². The number of rotatable bonds is 27. The predicted molar refractivity (Wildman–Crippen MR) is 211 cm³/mol. The van der Waals surface area contributed by atoms with Crippen molar-refractivity contribution in [3.05, 3.63) is 11.6 Å². The van der Waals surface area contributed by atoms with E-state index in [1.54, 1.807) is 5.57 Å². The fourth-order valence-corrected chi connectivity index (χ4v) is 11.0. The molecule has 0 saturated heterocycles. The summed E-state index contributed by atoms with van der Waals surface area (Å²) in [6.07, 6.45) is 31.1. The summed E-state index contributed by atoms with van der Waals surface area (Å²) in [6, 6.07) is 0. The molecule has 0 aromatic heterocycles. The average Bonchev–Trinajstić information content (AvgIpc) is 3.45. The van der Waals surface area contributed by atoms with Crippen molar-refractivity contribution in [2.45, 2.75) is 182 Å². The van der Waals surface area contributed by atoms with Crippen LogP contribution in [0.25, 0.3) is 0 Å². The van der Waals surface area contributed by atoms with Crippen molar-refractivity contribution in [3.63, 3.8) is 0 Å². The third-order valence-corrected chi connectivity index (χ3v) is 14.2. The number of fused-ring (bicyclic) bond motifs is 5. The van der Waals surface area contributed by atoms with E-state index in [4.69, 9.17) is 18.9 Å².